The number of aryl methyl sites for hydroxylation is 2. The number of amides is 1. The maximum absolute atomic E-state index is 12.2. The molecule has 0 saturated heterocycles. The number of hydrogen-bond acceptors (Lipinski definition) is 7. The summed E-state index contributed by atoms with van der Waals surface area (Å²) in [5, 5.41) is 24.6. The fourth-order valence-electron chi connectivity index (χ4n) is 2.30. The van der Waals surface area contributed by atoms with Crippen LogP contribution < -0.4 is 10.7 Å². The van der Waals surface area contributed by atoms with Gasteiger partial charge < -0.3 is 0 Å². The Labute approximate surface area is 160 Å². The van der Waals surface area contributed by atoms with Crippen molar-refractivity contribution in [2.24, 2.45) is 5.10 Å². The summed E-state index contributed by atoms with van der Waals surface area (Å²) in [7, 11) is 0. The summed E-state index contributed by atoms with van der Waals surface area (Å²) < 4.78 is 0. The maximum atomic E-state index is 12.2. The lowest BCUT2D eigenvalue weighted by molar-refractivity contribution is 0.102. The monoisotopic (exact) mass is 376 g/mol. The SMILES string of the molecule is Cc1ccc(N/N=C(\C#N)c2nnc(NC(=O)c3ccccc3)s2)c(C)c1. The number of aromatic nitrogens is 2. The highest BCUT2D eigenvalue weighted by Gasteiger charge is 2.14. The second-order valence-corrected chi connectivity index (χ2v) is 6.71. The molecule has 134 valence electrons. The number of nitrogens with zero attached hydrogens (tertiary/aromatic N) is 4. The number of anilines is 2. The van der Waals surface area contributed by atoms with Gasteiger partial charge in [-0.25, -0.2) is 0 Å². The van der Waals surface area contributed by atoms with Gasteiger partial charge in [-0.1, -0.05) is 47.2 Å². The van der Waals surface area contributed by atoms with Crippen LogP contribution in [0.5, 0.6) is 0 Å². The molecule has 0 unspecified atom stereocenters. The van der Waals surface area contributed by atoms with E-state index in [0.29, 0.717) is 15.7 Å². The normalized spacial score (nSPS) is 10.9. The molecule has 1 aromatic heterocycles. The summed E-state index contributed by atoms with van der Waals surface area (Å²) >= 11 is 1.08. The Balaban J connectivity index is 1.73. The molecule has 0 aliphatic rings. The van der Waals surface area contributed by atoms with E-state index in [2.05, 4.69) is 26.0 Å². The number of rotatable bonds is 5. The molecule has 0 radical (unpaired) electrons. The lowest BCUT2D eigenvalue weighted by Crippen LogP contribution is -2.11. The highest BCUT2D eigenvalue weighted by molar-refractivity contribution is 7.17. The summed E-state index contributed by atoms with van der Waals surface area (Å²) in [6.45, 7) is 3.96. The minimum atomic E-state index is -0.290. The first kappa shape index (κ1) is 18.2. The Hall–Kier alpha value is -3.57. The van der Waals surface area contributed by atoms with Crippen LogP contribution in [-0.2, 0) is 0 Å². The number of carbonyl (C=O) groups excluding carboxylic acids is 1. The predicted octanol–water partition coefficient (Wildman–Crippen LogP) is 3.75. The molecule has 0 aliphatic carbocycles. The minimum Gasteiger partial charge on any atom is -0.296 e. The van der Waals surface area contributed by atoms with Gasteiger partial charge in [-0.3, -0.25) is 15.5 Å². The van der Waals surface area contributed by atoms with Crippen LogP contribution in [0.4, 0.5) is 10.8 Å². The van der Waals surface area contributed by atoms with E-state index in [1.165, 1.54) is 0 Å². The first-order valence-corrected chi connectivity index (χ1v) is 8.90. The molecule has 7 nitrogen and oxygen atoms in total. The summed E-state index contributed by atoms with van der Waals surface area (Å²) in [6, 6.07) is 16.7. The number of benzene rings is 2. The van der Waals surface area contributed by atoms with Crippen LogP contribution in [0.1, 0.15) is 26.5 Å². The Morgan fingerprint density at radius 3 is 2.63 bits per heavy atom. The summed E-state index contributed by atoms with van der Waals surface area (Å²) in [4.78, 5) is 12.2. The van der Waals surface area contributed by atoms with E-state index >= 15 is 0 Å². The largest absolute Gasteiger partial charge is 0.296 e. The van der Waals surface area contributed by atoms with Crippen molar-refractivity contribution in [3.8, 4) is 6.07 Å². The zero-order chi connectivity index (χ0) is 19.2. The molecule has 0 bridgehead atoms. The molecule has 3 aromatic rings. The fourth-order valence-corrected chi connectivity index (χ4v) is 2.98. The lowest BCUT2D eigenvalue weighted by Gasteiger charge is -2.05. The second-order valence-electron chi connectivity index (χ2n) is 5.73. The van der Waals surface area contributed by atoms with Gasteiger partial charge in [0.15, 0.2) is 10.7 Å². The molecule has 2 aromatic carbocycles. The molecule has 0 saturated carbocycles. The summed E-state index contributed by atoms with van der Waals surface area (Å²) in [6.07, 6.45) is 0. The van der Waals surface area contributed by atoms with Crippen molar-refractivity contribution in [2.45, 2.75) is 13.8 Å². The van der Waals surface area contributed by atoms with Gasteiger partial charge in [0.05, 0.1) is 5.69 Å². The predicted molar refractivity (Wildman–Crippen MR) is 106 cm³/mol. The van der Waals surface area contributed by atoms with Crippen LogP contribution in [0.3, 0.4) is 0 Å². The summed E-state index contributed by atoms with van der Waals surface area (Å²) in [5.41, 5.74) is 6.45. The molecule has 0 atom stereocenters. The highest BCUT2D eigenvalue weighted by atomic mass is 32.1. The van der Waals surface area contributed by atoms with Gasteiger partial charge in [0.1, 0.15) is 6.07 Å². The van der Waals surface area contributed by atoms with Crippen molar-refractivity contribution < 1.29 is 4.79 Å². The maximum Gasteiger partial charge on any atom is 0.257 e. The zero-order valence-electron chi connectivity index (χ0n) is 14.7. The van der Waals surface area contributed by atoms with Gasteiger partial charge in [0.2, 0.25) is 5.13 Å². The Morgan fingerprint density at radius 1 is 1.15 bits per heavy atom. The molecule has 27 heavy (non-hydrogen) atoms. The first-order chi connectivity index (χ1) is 13.1. The topological polar surface area (TPSA) is 103 Å². The third-order valence-corrected chi connectivity index (χ3v) is 4.51. The smallest absolute Gasteiger partial charge is 0.257 e. The quantitative estimate of drug-likeness (QED) is 0.521. The van der Waals surface area contributed by atoms with Crippen LogP contribution >= 0.6 is 11.3 Å². The molecule has 0 spiro atoms. The van der Waals surface area contributed by atoms with E-state index in [4.69, 9.17) is 0 Å². The third kappa shape index (κ3) is 4.54. The van der Waals surface area contributed by atoms with E-state index in [-0.39, 0.29) is 11.6 Å². The van der Waals surface area contributed by atoms with Gasteiger partial charge >= 0.3 is 0 Å². The molecule has 3 rings (SSSR count). The average Bonchev–Trinajstić information content (AvgIpc) is 3.12. The van der Waals surface area contributed by atoms with E-state index in [1.807, 2.05) is 44.2 Å². The third-order valence-electron chi connectivity index (χ3n) is 3.66. The van der Waals surface area contributed by atoms with Crippen molar-refractivity contribution in [3.63, 3.8) is 0 Å². The molecule has 0 fully saturated rings. The first-order valence-electron chi connectivity index (χ1n) is 8.08. The number of nitrogens with one attached hydrogen (secondary N) is 2. The standard InChI is InChI=1S/C19H16N6OS/c1-12-8-9-15(13(2)10-12)22-23-16(11-20)18-24-25-19(27-18)21-17(26)14-6-4-3-5-7-14/h3-10,22H,1-2H3,(H,21,25,26)/b23-16+. The van der Waals surface area contributed by atoms with Crippen molar-refractivity contribution in [3.05, 3.63) is 70.2 Å². The molecular formula is C19H16N6OS. The number of carbonyl (C=O) groups is 1. The fraction of sp³-hybridized carbons (Fsp3) is 0.105. The van der Waals surface area contributed by atoms with Crippen LogP contribution in [-0.4, -0.2) is 21.8 Å². The Bertz CT molecular complexity index is 1040. The van der Waals surface area contributed by atoms with Gasteiger partial charge in [-0.05, 0) is 37.6 Å². The molecule has 0 aliphatic heterocycles. The lowest BCUT2D eigenvalue weighted by atomic mass is 10.1. The number of hydrogen-bond donors (Lipinski definition) is 2. The Kier molecular flexibility index (Phi) is 5.54. The van der Waals surface area contributed by atoms with Crippen LogP contribution in [0.15, 0.2) is 53.6 Å². The number of hydrazone groups is 1. The van der Waals surface area contributed by atoms with Gasteiger partial charge in [0.25, 0.3) is 5.91 Å². The van der Waals surface area contributed by atoms with Gasteiger partial charge in [-0.15, -0.1) is 10.2 Å². The van der Waals surface area contributed by atoms with Gasteiger partial charge in [-0.2, -0.15) is 10.4 Å². The van der Waals surface area contributed by atoms with Crippen LogP contribution in [0, 0.1) is 25.2 Å². The summed E-state index contributed by atoms with van der Waals surface area (Å²) in [5.74, 6) is -0.290. The highest BCUT2D eigenvalue weighted by Crippen LogP contribution is 2.19. The van der Waals surface area contributed by atoms with Crippen LogP contribution in [0.25, 0.3) is 0 Å². The van der Waals surface area contributed by atoms with Crippen molar-refractivity contribution in [2.75, 3.05) is 10.7 Å². The van der Waals surface area contributed by atoms with Crippen molar-refractivity contribution in [1.29, 1.82) is 5.26 Å². The van der Waals surface area contributed by atoms with E-state index in [9.17, 15) is 10.1 Å². The number of nitriles is 1. The van der Waals surface area contributed by atoms with E-state index < -0.39 is 0 Å². The zero-order valence-corrected chi connectivity index (χ0v) is 15.5. The Morgan fingerprint density at radius 2 is 1.93 bits per heavy atom. The van der Waals surface area contributed by atoms with Crippen molar-refractivity contribution >= 4 is 33.8 Å². The van der Waals surface area contributed by atoms with Gasteiger partial charge in [0, 0.05) is 5.56 Å². The second kappa shape index (κ2) is 8.21. The molecule has 1 amide bonds. The molecule has 2 N–H and O–H groups in total. The van der Waals surface area contributed by atoms with Crippen LogP contribution in [0.2, 0.25) is 0 Å². The molecule has 1 heterocycles. The minimum absolute atomic E-state index is 0.0904. The van der Waals surface area contributed by atoms with E-state index in [0.717, 1.165) is 28.2 Å². The molecular weight excluding hydrogens is 360 g/mol. The average molecular weight is 376 g/mol. The van der Waals surface area contributed by atoms with E-state index in [1.54, 1.807) is 24.3 Å². The van der Waals surface area contributed by atoms with Crippen molar-refractivity contribution in [1.82, 2.24) is 10.2 Å². The molecule has 8 heteroatoms.